The van der Waals surface area contributed by atoms with Crippen LogP contribution in [0.15, 0.2) is 17.1 Å². The zero-order valence-corrected chi connectivity index (χ0v) is 12.7. The van der Waals surface area contributed by atoms with Crippen LogP contribution in [0.1, 0.15) is 0 Å². The second-order valence-corrected chi connectivity index (χ2v) is 6.23. The number of hydrogen-bond acceptors (Lipinski definition) is 6. The number of amides is 1. The number of halogens is 1. The molecule has 1 aliphatic heterocycles. The Balaban J connectivity index is 1.84. The minimum Gasteiger partial charge on any atom is -0.338 e. The van der Waals surface area contributed by atoms with E-state index >= 15 is 0 Å². The summed E-state index contributed by atoms with van der Waals surface area (Å²) in [7, 11) is 0. The van der Waals surface area contributed by atoms with E-state index in [4.69, 9.17) is 17.4 Å². The molecule has 0 aromatic carbocycles. The lowest BCUT2D eigenvalue weighted by Crippen LogP contribution is -2.52. The van der Waals surface area contributed by atoms with Crippen LogP contribution in [0.2, 0.25) is 5.02 Å². The van der Waals surface area contributed by atoms with Crippen molar-refractivity contribution in [1.29, 1.82) is 0 Å². The Labute approximate surface area is 129 Å². The molecule has 0 radical (unpaired) electrons. The Morgan fingerprint density at radius 3 is 2.81 bits per heavy atom. The molecule has 2 aromatic rings. The van der Waals surface area contributed by atoms with Gasteiger partial charge in [-0.2, -0.15) is 0 Å². The van der Waals surface area contributed by atoms with Crippen molar-refractivity contribution >= 4 is 39.2 Å². The fraction of sp³-hybridized carbons (Fsp3) is 0.417. The molecule has 7 nitrogen and oxygen atoms in total. The largest absolute Gasteiger partial charge is 0.338 e. The van der Waals surface area contributed by atoms with Gasteiger partial charge in [0.1, 0.15) is 11.4 Å². The zero-order valence-electron chi connectivity index (χ0n) is 11.2. The fourth-order valence-corrected chi connectivity index (χ4v) is 3.25. The van der Waals surface area contributed by atoms with Crippen molar-refractivity contribution in [3.63, 3.8) is 0 Å². The molecule has 9 heteroatoms. The van der Waals surface area contributed by atoms with E-state index in [2.05, 4.69) is 4.98 Å². The number of hydrazine groups is 1. The van der Waals surface area contributed by atoms with E-state index in [9.17, 15) is 9.59 Å². The first kappa shape index (κ1) is 14.5. The summed E-state index contributed by atoms with van der Waals surface area (Å²) in [6, 6.07) is 1.66. The standard InChI is InChI=1S/C12H14ClN5O2S/c13-8-5-9-11(15-6-8)21-12(20)18(9)7-10(19)16-1-3-17(14)4-2-16/h5-6H,1-4,7,14H2. The van der Waals surface area contributed by atoms with E-state index in [-0.39, 0.29) is 17.3 Å². The summed E-state index contributed by atoms with van der Waals surface area (Å²) >= 11 is 6.93. The van der Waals surface area contributed by atoms with E-state index < -0.39 is 0 Å². The topological polar surface area (TPSA) is 84.5 Å². The van der Waals surface area contributed by atoms with Crippen molar-refractivity contribution in [2.45, 2.75) is 6.54 Å². The van der Waals surface area contributed by atoms with Gasteiger partial charge in [0, 0.05) is 32.4 Å². The highest BCUT2D eigenvalue weighted by Gasteiger charge is 2.21. The first-order valence-corrected chi connectivity index (χ1v) is 7.66. The average molecular weight is 328 g/mol. The van der Waals surface area contributed by atoms with Gasteiger partial charge in [0.15, 0.2) is 0 Å². The van der Waals surface area contributed by atoms with Gasteiger partial charge >= 0.3 is 4.87 Å². The highest BCUT2D eigenvalue weighted by molar-refractivity contribution is 7.16. The highest BCUT2D eigenvalue weighted by atomic mass is 35.5. The Morgan fingerprint density at radius 2 is 2.10 bits per heavy atom. The molecule has 2 aromatic heterocycles. The van der Waals surface area contributed by atoms with Crippen LogP contribution in [0.4, 0.5) is 0 Å². The van der Waals surface area contributed by atoms with Crippen LogP contribution in [-0.4, -0.2) is 51.5 Å². The number of carbonyl (C=O) groups is 1. The zero-order chi connectivity index (χ0) is 15.0. The summed E-state index contributed by atoms with van der Waals surface area (Å²) in [6.45, 7) is 2.43. The maximum Gasteiger partial charge on any atom is 0.310 e. The van der Waals surface area contributed by atoms with Crippen molar-refractivity contribution in [2.75, 3.05) is 26.2 Å². The molecule has 3 heterocycles. The average Bonchev–Trinajstić information content (AvgIpc) is 2.76. The molecule has 0 spiro atoms. The molecule has 0 saturated carbocycles. The number of thiazole rings is 1. The Bertz CT molecular complexity index is 735. The molecular weight excluding hydrogens is 314 g/mol. The van der Waals surface area contributed by atoms with Crippen LogP contribution in [0, 0.1) is 0 Å². The predicted molar refractivity (Wildman–Crippen MR) is 81.2 cm³/mol. The number of piperazine rings is 1. The molecule has 112 valence electrons. The van der Waals surface area contributed by atoms with Crippen LogP contribution in [-0.2, 0) is 11.3 Å². The van der Waals surface area contributed by atoms with Gasteiger partial charge < -0.3 is 4.90 Å². The second-order valence-electron chi connectivity index (χ2n) is 4.85. The number of hydrogen-bond donors (Lipinski definition) is 1. The maximum absolute atomic E-state index is 12.3. The van der Waals surface area contributed by atoms with Crippen molar-refractivity contribution in [1.82, 2.24) is 19.5 Å². The number of rotatable bonds is 2. The van der Waals surface area contributed by atoms with Gasteiger partial charge in [0.25, 0.3) is 0 Å². The van der Waals surface area contributed by atoms with Crippen LogP contribution in [0.3, 0.4) is 0 Å². The third-order valence-corrected chi connectivity index (χ3v) is 4.56. The van der Waals surface area contributed by atoms with Crippen LogP contribution in [0.5, 0.6) is 0 Å². The number of fused-ring (bicyclic) bond motifs is 1. The highest BCUT2D eigenvalue weighted by Crippen LogP contribution is 2.19. The van der Waals surface area contributed by atoms with Crippen molar-refractivity contribution in [3.05, 3.63) is 27.0 Å². The summed E-state index contributed by atoms with van der Waals surface area (Å²) in [5.74, 6) is 5.57. The van der Waals surface area contributed by atoms with E-state index in [0.29, 0.717) is 41.5 Å². The number of carbonyl (C=O) groups excluding carboxylic acids is 1. The van der Waals surface area contributed by atoms with Crippen LogP contribution in [0.25, 0.3) is 10.3 Å². The van der Waals surface area contributed by atoms with Gasteiger partial charge in [-0.3, -0.25) is 20.0 Å². The minimum atomic E-state index is -0.203. The molecule has 21 heavy (non-hydrogen) atoms. The second kappa shape index (κ2) is 5.72. The molecule has 1 aliphatic rings. The molecule has 0 atom stereocenters. The number of aromatic nitrogens is 2. The maximum atomic E-state index is 12.3. The Hall–Kier alpha value is -1.48. The number of nitrogens with two attached hydrogens (primary N) is 1. The normalized spacial score (nSPS) is 16.6. The van der Waals surface area contributed by atoms with Crippen molar-refractivity contribution < 1.29 is 4.79 Å². The van der Waals surface area contributed by atoms with Gasteiger partial charge in [-0.25, -0.2) is 9.99 Å². The monoisotopic (exact) mass is 327 g/mol. The van der Waals surface area contributed by atoms with Gasteiger partial charge in [0.05, 0.1) is 10.5 Å². The molecule has 1 saturated heterocycles. The first-order valence-electron chi connectivity index (χ1n) is 6.47. The Kier molecular flexibility index (Phi) is 3.94. The van der Waals surface area contributed by atoms with Crippen molar-refractivity contribution in [2.24, 2.45) is 5.84 Å². The summed E-state index contributed by atoms with van der Waals surface area (Å²) in [5, 5.41) is 2.12. The van der Waals surface area contributed by atoms with E-state index in [1.165, 1.54) is 10.8 Å². The lowest BCUT2D eigenvalue weighted by Gasteiger charge is -2.32. The third-order valence-electron chi connectivity index (χ3n) is 3.45. The summed E-state index contributed by atoms with van der Waals surface area (Å²) in [5.41, 5.74) is 0.600. The van der Waals surface area contributed by atoms with Crippen LogP contribution >= 0.6 is 22.9 Å². The van der Waals surface area contributed by atoms with Gasteiger partial charge in [0.2, 0.25) is 5.91 Å². The predicted octanol–water partition coefficient (Wildman–Crippen LogP) is 0.129. The summed E-state index contributed by atoms with van der Waals surface area (Å²) < 4.78 is 1.43. The smallest absolute Gasteiger partial charge is 0.310 e. The number of nitrogens with zero attached hydrogens (tertiary/aromatic N) is 4. The van der Waals surface area contributed by atoms with Gasteiger partial charge in [-0.05, 0) is 6.07 Å². The minimum absolute atomic E-state index is 0.00538. The SMILES string of the molecule is NN1CCN(C(=O)Cn2c(=O)sc3ncc(Cl)cc32)CC1. The summed E-state index contributed by atoms with van der Waals surface area (Å²) in [4.78, 5) is 30.5. The molecule has 3 rings (SSSR count). The molecule has 1 fully saturated rings. The lowest BCUT2D eigenvalue weighted by molar-refractivity contribution is -0.133. The third kappa shape index (κ3) is 2.93. The molecule has 1 amide bonds. The number of pyridine rings is 1. The fourth-order valence-electron chi connectivity index (χ4n) is 2.28. The Morgan fingerprint density at radius 1 is 1.38 bits per heavy atom. The molecular formula is C12H14ClN5O2S. The quantitative estimate of drug-likeness (QED) is 0.793. The van der Waals surface area contributed by atoms with Crippen LogP contribution < -0.4 is 10.7 Å². The van der Waals surface area contributed by atoms with Gasteiger partial charge in [-0.15, -0.1) is 0 Å². The first-order chi connectivity index (χ1) is 10.0. The van der Waals surface area contributed by atoms with E-state index in [0.717, 1.165) is 11.3 Å². The van der Waals surface area contributed by atoms with E-state index in [1.807, 2.05) is 0 Å². The molecule has 0 bridgehead atoms. The lowest BCUT2D eigenvalue weighted by atomic mass is 10.3. The molecule has 0 unspecified atom stereocenters. The van der Waals surface area contributed by atoms with Crippen molar-refractivity contribution in [3.8, 4) is 0 Å². The summed E-state index contributed by atoms with van der Waals surface area (Å²) in [6.07, 6.45) is 1.49. The van der Waals surface area contributed by atoms with Gasteiger partial charge in [-0.1, -0.05) is 22.9 Å². The molecule has 2 N–H and O–H groups in total. The molecule has 0 aliphatic carbocycles. The van der Waals surface area contributed by atoms with E-state index in [1.54, 1.807) is 16.0 Å².